The number of ether oxygens (including phenoxy) is 1. The lowest BCUT2D eigenvalue weighted by Gasteiger charge is -2.27. The van der Waals surface area contributed by atoms with Gasteiger partial charge in [0.15, 0.2) is 6.61 Å². The highest BCUT2D eigenvalue weighted by atomic mass is 16.5. The van der Waals surface area contributed by atoms with Gasteiger partial charge in [0, 0.05) is 11.1 Å². The maximum absolute atomic E-state index is 13.4. The maximum Gasteiger partial charge on any atom is 0.339 e. The average molecular weight is 481 g/mol. The van der Waals surface area contributed by atoms with E-state index in [1.54, 1.807) is 12.1 Å². The molecule has 1 unspecified atom stereocenters. The third kappa shape index (κ3) is 4.68. The van der Waals surface area contributed by atoms with Crippen LogP contribution in [0.3, 0.4) is 0 Å². The van der Waals surface area contributed by atoms with E-state index in [0.29, 0.717) is 22.9 Å². The van der Waals surface area contributed by atoms with E-state index in [2.05, 4.69) is 17.4 Å². The number of carbonyl (C=O) groups is 3. The number of carboxylic acids is 1. The van der Waals surface area contributed by atoms with Crippen LogP contribution in [0, 0.1) is 0 Å². The first kappa shape index (κ1) is 23.2. The van der Waals surface area contributed by atoms with E-state index in [-0.39, 0.29) is 17.2 Å². The zero-order chi connectivity index (χ0) is 25.1. The number of nitrogens with one attached hydrogen (secondary N) is 1. The Labute approximate surface area is 207 Å². The number of benzene rings is 3. The minimum absolute atomic E-state index is 0.0432. The Kier molecular flexibility index (Phi) is 6.45. The van der Waals surface area contributed by atoms with Crippen LogP contribution in [0.1, 0.15) is 49.9 Å². The maximum atomic E-state index is 13.4. The van der Waals surface area contributed by atoms with Crippen LogP contribution in [0.5, 0.6) is 0 Å². The molecule has 0 saturated heterocycles. The van der Waals surface area contributed by atoms with Gasteiger partial charge < -0.3 is 15.2 Å². The molecule has 1 aromatic heterocycles. The zero-order valence-electron chi connectivity index (χ0n) is 19.4. The molecule has 0 fully saturated rings. The summed E-state index contributed by atoms with van der Waals surface area (Å²) >= 11 is 0. The first-order valence-electron chi connectivity index (χ1n) is 11.8. The highest BCUT2D eigenvalue weighted by molar-refractivity contribution is 6.06. The Morgan fingerprint density at radius 3 is 2.47 bits per heavy atom. The SMILES string of the molecule is O=C(COC(=O)c1c2c(nc3ccccc13)CCC(c1ccccc1)C2)Nc1ccccc1C(=O)O. The largest absolute Gasteiger partial charge is 0.478 e. The number of esters is 1. The normalized spacial score (nSPS) is 14.6. The highest BCUT2D eigenvalue weighted by Crippen LogP contribution is 2.36. The molecule has 1 aliphatic carbocycles. The summed E-state index contributed by atoms with van der Waals surface area (Å²) in [4.78, 5) is 42.1. The number of rotatable bonds is 6. The molecule has 3 aromatic carbocycles. The van der Waals surface area contributed by atoms with Crippen molar-refractivity contribution in [1.29, 1.82) is 0 Å². The van der Waals surface area contributed by atoms with Crippen molar-refractivity contribution in [2.24, 2.45) is 0 Å². The Morgan fingerprint density at radius 1 is 0.944 bits per heavy atom. The lowest BCUT2D eigenvalue weighted by atomic mass is 9.80. The lowest BCUT2D eigenvalue weighted by Crippen LogP contribution is -2.24. The predicted octanol–water partition coefficient (Wildman–Crippen LogP) is 5.00. The predicted molar refractivity (Wildman–Crippen MR) is 135 cm³/mol. The Bertz CT molecular complexity index is 1470. The van der Waals surface area contributed by atoms with Gasteiger partial charge in [-0.05, 0) is 54.5 Å². The molecule has 1 aliphatic rings. The third-order valence-electron chi connectivity index (χ3n) is 6.50. The van der Waals surface area contributed by atoms with E-state index >= 15 is 0 Å². The molecule has 36 heavy (non-hydrogen) atoms. The molecule has 0 bridgehead atoms. The molecule has 1 heterocycles. The van der Waals surface area contributed by atoms with Crippen molar-refractivity contribution >= 4 is 34.4 Å². The van der Waals surface area contributed by atoms with Crippen LogP contribution in [0.2, 0.25) is 0 Å². The van der Waals surface area contributed by atoms with Crippen LogP contribution in [0.4, 0.5) is 5.69 Å². The summed E-state index contributed by atoms with van der Waals surface area (Å²) in [6.45, 7) is -0.541. The first-order valence-corrected chi connectivity index (χ1v) is 11.8. The lowest BCUT2D eigenvalue weighted by molar-refractivity contribution is -0.119. The van der Waals surface area contributed by atoms with Gasteiger partial charge in [-0.25, -0.2) is 9.59 Å². The number of hydrogen-bond acceptors (Lipinski definition) is 5. The van der Waals surface area contributed by atoms with Gasteiger partial charge in [0.2, 0.25) is 0 Å². The van der Waals surface area contributed by atoms with Gasteiger partial charge in [0.05, 0.1) is 22.3 Å². The van der Waals surface area contributed by atoms with Gasteiger partial charge >= 0.3 is 11.9 Å². The molecular formula is C29H24N2O5. The molecule has 5 rings (SSSR count). The van der Waals surface area contributed by atoms with E-state index in [9.17, 15) is 19.5 Å². The van der Waals surface area contributed by atoms with Crippen LogP contribution >= 0.6 is 0 Å². The molecule has 0 radical (unpaired) electrons. The third-order valence-corrected chi connectivity index (χ3v) is 6.50. The van der Waals surface area contributed by atoms with Crippen molar-refractivity contribution in [3.8, 4) is 0 Å². The molecule has 4 aromatic rings. The van der Waals surface area contributed by atoms with Gasteiger partial charge in [0.25, 0.3) is 5.91 Å². The van der Waals surface area contributed by atoms with Gasteiger partial charge in [-0.3, -0.25) is 9.78 Å². The number of pyridine rings is 1. The number of amides is 1. The number of anilines is 1. The van der Waals surface area contributed by atoms with Crippen molar-refractivity contribution in [1.82, 2.24) is 4.98 Å². The Balaban J connectivity index is 1.41. The fourth-order valence-corrected chi connectivity index (χ4v) is 4.80. The molecule has 7 nitrogen and oxygen atoms in total. The van der Waals surface area contributed by atoms with Crippen LogP contribution in [0.15, 0.2) is 78.9 Å². The van der Waals surface area contributed by atoms with Crippen molar-refractivity contribution in [2.75, 3.05) is 11.9 Å². The second-order valence-corrected chi connectivity index (χ2v) is 8.75. The van der Waals surface area contributed by atoms with E-state index < -0.39 is 24.5 Å². The second-order valence-electron chi connectivity index (χ2n) is 8.75. The van der Waals surface area contributed by atoms with Gasteiger partial charge in [-0.2, -0.15) is 0 Å². The van der Waals surface area contributed by atoms with Crippen molar-refractivity contribution in [3.63, 3.8) is 0 Å². The summed E-state index contributed by atoms with van der Waals surface area (Å²) < 4.78 is 5.45. The van der Waals surface area contributed by atoms with Crippen LogP contribution in [-0.4, -0.2) is 34.5 Å². The van der Waals surface area contributed by atoms with Crippen LogP contribution in [0.25, 0.3) is 10.9 Å². The Hall–Kier alpha value is -4.52. The highest BCUT2D eigenvalue weighted by Gasteiger charge is 2.28. The molecule has 0 spiro atoms. The average Bonchev–Trinajstić information content (AvgIpc) is 2.90. The molecule has 180 valence electrons. The number of aromatic nitrogens is 1. The summed E-state index contributed by atoms with van der Waals surface area (Å²) in [5.74, 6) is -2.12. The van der Waals surface area contributed by atoms with Crippen molar-refractivity contribution < 1.29 is 24.2 Å². The minimum atomic E-state index is -1.16. The topological polar surface area (TPSA) is 106 Å². The fraction of sp³-hybridized carbons (Fsp3) is 0.172. The number of carboxylic acid groups (broad SMARTS) is 1. The molecule has 1 atom stereocenters. The minimum Gasteiger partial charge on any atom is -0.478 e. The van der Waals surface area contributed by atoms with E-state index in [0.717, 1.165) is 24.1 Å². The molecule has 1 amide bonds. The second kappa shape index (κ2) is 10.00. The van der Waals surface area contributed by atoms with Crippen LogP contribution < -0.4 is 5.32 Å². The summed E-state index contributed by atoms with van der Waals surface area (Å²) in [5, 5.41) is 12.5. The Morgan fingerprint density at radius 2 is 1.67 bits per heavy atom. The molecule has 0 saturated carbocycles. The summed E-state index contributed by atoms with van der Waals surface area (Å²) in [7, 11) is 0. The number of hydrogen-bond donors (Lipinski definition) is 2. The quantitative estimate of drug-likeness (QED) is 0.376. The monoisotopic (exact) mass is 480 g/mol. The number of para-hydroxylation sites is 2. The smallest absolute Gasteiger partial charge is 0.339 e. The standard InChI is InChI=1S/C29H24N2O5/c32-26(31-24-13-7-5-11-21(24)28(33)34)17-36-29(35)27-20-10-4-6-12-23(20)30-25-15-14-19(16-22(25)27)18-8-2-1-3-9-18/h1-13,19H,14-17H2,(H,31,32)(H,33,34). The summed E-state index contributed by atoms with van der Waals surface area (Å²) in [6, 6.07) is 23.7. The van der Waals surface area contributed by atoms with Gasteiger partial charge in [0.1, 0.15) is 0 Å². The zero-order valence-corrected chi connectivity index (χ0v) is 19.4. The fourth-order valence-electron chi connectivity index (χ4n) is 4.80. The van der Waals surface area contributed by atoms with Crippen molar-refractivity contribution in [3.05, 3.63) is 107 Å². The molecular weight excluding hydrogens is 456 g/mol. The summed E-state index contributed by atoms with van der Waals surface area (Å²) in [6.07, 6.45) is 2.33. The summed E-state index contributed by atoms with van der Waals surface area (Å²) in [5.41, 5.74) is 4.20. The molecule has 0 aliphatic heterocycles. The van der Waals surface area contributed by atoms with E-state index in [1.165, 1.54) is 17.7 Å². The van der Waals surface area contributed by atoms with Crippen molar-refractivity contribution in [2.45, 2.75) is 25.2 Å². The number of aryl methyl sites for hydroxylation is 1. The van der Waals surface area contributed by atoms with Crippen LogP contribution in [-0.2, 0) is 22.4 Å². The number of aromatic carboxylic acids is 1. The first-order chi connectivity index (χ1) is 17.5. The number of nitrogens with zero attached hydrogens (tertiary/aromatic N) is 1. The molecule has 2 N–H and O–H groups in total. The molecule has 7 heteroatoms. The number of fused-ring (bicyclic) bond motifs is 2. The van der Waals surface area contributed by atoms with E-state index in [4.69, 9.17) is 9.72 Å². The van der Waals surface area contributed by atoms with Gasteiger partial charge in [-0.1, -0.05) is 60.7 Å². The number of carbonyl (C=O) groups excluding carboxylic acids is 2. The van der Waals surface area contributed by atoms with E-state index in [1.807, 2.05) is 42.5 Å². The van der Waals surface area contributed by atoms with Gasteiger partial charge in [-0.15, -0.1) is 0 Å².